The van der Waals surface area contributed by atoms with Gasteiger partial charge in [-0.15, -0.1) is 11.6 Å². The standard InChI is InChI=1S/C11H17ClN2/c1-3-9-6-10(14(2)13-9)7-11(8-12)4-5-11/h6H,3-5,7-8H2,1-2H3. The van der Waals surface area contributed by atoms with Crippen LogP contribution in [-0.2, 0) is 19.9 Å². The molecule has 1 aliphatic carbocycles. The zero-order chi connectivity index (χ0) is 10.2. The van der Waals surface area contributed by atoms with Gasteiger partial charge in [-0.2, -0.15) is 5.10 Å². The van der Waals surface area contributed by atoms with Gasteiger partial charge in [0.05, 0.1) is 5.69 Å². The summed E-state index contributed by atoms with van der Waals surface area (Å²) in [7, 11) is 2.03. The van der Waals surface area contributed by atoms with E-state index in [1.165, 1.54) is 24.2 Å². The summed E-state index contributed by atoms with van der Waals surface area (Å²) in [6.07, 6.45) is 4.67. The number of hydrogen-bond acceptors (Lipinski definition) is 1. The van der Waals surface area contributed by atoms with Crippen molar-refractivity contribution in [2.24, 2.45) is 12.5 Å². The first kappa shape index (κ1) is 10.0. The second kappa shape index (κ2) is 3.58. The number of aryl methyl sites for hydroxylation is 2. The van der Waals surface area contributed by atoms with Gasteiger partial charge in [0.1, 0.15) is 0 Å². The average molecular weight is 213 g/mol. The topological polar surface area (TPSA) is 17.8 Å². The Morgan fingerprint density at radius 1 is 1.57 bits per heavy atom. The van der Waals surface area contributed by atoms with Crippen LogP contribution in [0.5, 0.6) is 0 Å². The summed E-state index contributed by atoms with van der Waals surface area (Å²) in [6.45, 7) is 2.14. The summed E-state index contributed by atoms with van der Waals surface area (Å²) in [6, 6.07) is 2.21. The molecule has 1 aromatic rings. The van der Waals surface area contributed by atoms with Crippen molar-refractivity contribution in [2.75, 3.05) is 5.88 Å². The number of rotatable bonds is 4. The highest BCUT2D eigenvalue weighted by atomic mass is 35.5. The number of halogens is 1. The van der Waals surface area contributed by atoms with Gasteiger partial charge in [0.2, 0.25) is 0 Å². The highest BCUT2D eigenvalue weighted by Crippen LogP contribution is 2.49. The highest BCUT2D eigenvalue weighted by molar-refractivity contribution is 6.18. The Balaban J connectivity index is 2.12. The average Bonchev–Trinajstić information content (AvgIpc) is 2.87. The quantitative estimate of drug-likeness (QED) is 0.702. The van der Waals surface area contributed by atoms with Crippen LogP contribution in [0.3, 0.4) is 0 Å². The van der Waals surface area contributed by atoms with Gasteiger partial charge < -0.3 is 0 Å². The van der Waals surface area contributed by atoms with E-state index in [-0.39, 0.29) is 0 Å². The zero-order valence-corrected chi connectivity index (χ0v) is 9.64. The Morgan fingerprint density at radius 2 is 2.29 bits per heavy atom. The third-order valence-electron chi connectivity index (χ3n) is 3.19. The van der Waals surface area contributed by atoms with Gasteiger partial charge in [0.15, 0.2) is 0 Å². The van der Waals surface area contributed by atoms with E-state index in [4.69, 9.17) is 11.6 Å². The predicted molar refractivity (Wildman–Crippen MR) is 58.7 cm³/mol. The summed E-state index contributed by atoms with van der Waals surface area (Å²) in [5.41, 5.74) is 2.92. The van der Waals surface area contributed by atoms with Crippen molar-refractivity contribution in [2.45, 2.75) is 32.6 Å². The molecule has 1 fully saturated rings. The second-order valence-electron chi connectivity index (χ2n) is 4.41. The molecule has 1 aromatic heterocycles. The Hall–Kier alpha value is -0.500. The molecule has 14 heavy (non-hydrogen) atoms. The second-order valence-corrected chi connectivity index (χ2v) is 4.68. The van der Waals surface area contributed by atoms with Crippen LogP contribution in [0.25, 0.3) is 0 Å². The van der Waals surface area contributed by atoms with E-state index in [1.54, 1.807) is 0 Å². The Kier molecular flexibility index (Phi) is 2.56. The third-order valence-corrected chi connectivity index (χ3v) is 3.75. The molecule has 0 spiro atoms. The zero-order valence-electron chi connectivity index (χ0n) is 8.89. The third kappa shape index (κ3) is 1.81. The van der Waals surface area contributed by atoms with Crippen molar-refractivity contribution in [3.05, 3.63) is 17.5 Å². The molecule has 1 aliphatic rings. The Bertz CT molecular complexity index is 326. The van der Waals surface area contributed by atoms with Gasteiger partial charge >= 0.3 is 0 Å². The lowest BCUT2D eigenvalue weighted by Crippen LogP contribution is -2.10. The van der Waals surface area contributed by atoms with E-state index in [0.717, 1.165) is 18.7 Å². The SMILES string of the molecule is CCc1cc(CC2(CCl)CC2)n(C)n1. The summed E-state index contributed by atoms with van der Waals surface area (Å²) >= 11 is 5.97. The molecular weight excluding hydrogens is 196 g/mol. The fraction of sp³-hybridized carbons (Fsp3) is 0.727. The molecule has 1 heterocycles. The van der Waals surface area contributed by atoms with Crippen molar-refractivity contribution in [1.29, 1.82) is 0 Å². The Morgan fingerprint density at radius 3 is 2.71 bits per heavy atom. The molecule has 0 N–H and O–H groups in total. The minimum atomic E-state index is 0.403. The van der Waals surface area contributed by atoms with Crippen LogP contribution in [0.15, 0.2) is 6.07 Å². The van der Waals surface area contributed by atoms with Crippen LogP contribution in [0, 0.1) is 5.41 Å². The molecule has 0 amide bonds. The minimum Gasteiger partial charge on any atom is -0.272 e. The molecule has 0 radical (unpaired) electrons. The lowest BCUT2D eigenvalue weighted by Gasteiger charge is -2.10. The van der Waals surface area contributed by atoms with Gasteiger partial charge in [0.25, 0.3) is 0 Å². The highest BCUT2D eigenvalue weighted by Gasteiger charge is 2.42. The van der Waals surface area contributed by atoms with Gasteiger partial charge in [0, 0.05) is 18.6 Å². The lowest BCUT2D eigenvalue weighted by molar-refractivity contribution is 0.542. The van der Waals surface area contributed by atoms with E-state index in [1.807, 2.05) is 11.7 Å². The summed E-state index contributed by atoms with van der Waals surface area (Å²) in [4.78, 5) is 0. The molecule has 2 rings (SSSR count). The molecule has 0 atom stereocenters. The largest absolute Gasteiger partial charge is 0.272 e. The van der Waals surface area contributed by atoms with E-state index in [0.29, 0.717) is 5.41 Å². The van der Waals surface area contributed by atoms with Gasteiger partial charge in [-0.1, -0.05) is 6.92 Å². The smallest absolute Gasteiger partial charge is 0.0624 e. The molecular formula is C11H17ClN2. The van der Waals surface area contributed by atoms with Crippen LogP contribution in [-0.4, -0.2) is 15.7 Å². The van der Waals surface area contributed by atoms with Gasteiger partial charge in [-0.3, -0.25) is 4.68 Å². The van der Waals surface area contributed by atoms with Crippen molar-refractivity contribution < 1.29 is 0 Å². The Labute approximate surface area is 90.3 Å². The van der Waals surface area contributed by atoms with Crippen molar-refractivity contribution in [1.82, 2.24) is 9.78 Å². The first-order valence-corrected chi connectivity index (χ1v) is 5.80. The van der Waals surface area contributed by atoms with Crippen LogP contribution < -0.4 is 0 Å². The van der Waals surface area contributed by atoms with E-state index >= 15 is 0 Å². The van der Waals surface area contributed by atoms with Crippen LogP contribution >= 0.6 is 11.6 Å². The van der Waals surface area contributed by atoms with Gasteiger partial charge in [-0.05, 0) is 37.2 Å². The van der Waals surface area contributed by atoms with E-state index in [2.05, 4.69) is 18.1 Å². The lowest BCUT2D eigenvalue weighted by atomic mass is 10.0. The van der Waals surface area contributed by atoms with E-state index < -0.39 is 0 Å². The minimum absolute atomic E-state index is 0.403. The normalized spacial score (nSPS) is 18.5. The van der Waals surface area contributed by atoms with Crippen molar-refractivity contribution in [3.63, 3.8) is 0 Å². The number of alkyl halides is 1. The predicted octanol–water partition coefficient (Wildman–Crippen LogP) is 2.54. The summed E-state index contributed by atoms with van der Waals surface area (Å²) in [5.74, 6) is 0.791. The molecule has 78 valence electrons. The van der Waals surface area contributed by atoms with Crippen molar-refractivity contribution >= 4 is 11.6 Å². The number of hydrogen-bond donors (Lipinski definition) is 0. The van der Waals surface area contributed by atoms with Crippen LogP contribution in [0.1, 0.15) is 31.2 Å². The van der Waals surface area contributed by atoms with Crippen LogP contribution in [0.2, 0.25) is 0 Å². The first-order chi connectivity index (χ1) is 6.69. The molecule has 0 aliphatic heterocycles. The fourth-order valence-corrected chi connectivity index (χ4v) is 2.19. The molecule has 0 aromatic carbocycles. The molecule has 0 saturated heterocycles. The van der Waals surface area contributed by atoms with Crippen molar-refractivity contribution in [3.8, 4) is 0 Å². The molecule has 2 nitrogen and oxygen atoms in total. The monoisotopic (exact) mass is 212 g/mol. The number of nitrogens with zero attached hydrogens (tertiary/aromatic N) is 2. The first-order valence-electron chi connectivity index (χ1n) is 5.27. The maximum atomic E-state index is 5.97. The van der Waals surface area contributed by atoms with Gasteiger partial charge in [-0.25, -0.2) is 0 Å². The summed E-state index contributed by atoms with van der Waals surface area (Å²) < 4.78 is 2.01. The fourth-order valence-electron chi connectivity index (χ4n) is 1.83. The number of aromatic nitrogens is 2. The summed E-state index contributed by atoms with van der Waals surface area (Å²) in [5, 5.41) is 4.45. The molecule has 0 unspecified atom stereocenters. The molecule has 0 bridgehead atoms. The molecule has 1 saturated carbocycles. The maximum Gasteiger partial charge on any atom is 0.0624 e. The maximum absolute atomic E-state index is 5.97. The molecule has 3 heteroatoms. The van der Waals surface area contributed by atoms with Crippen LogP contribution in [0.4, 0.5) is 0 Å². The van der Waals surface area contributed by atoms with E-state index in [9.17, 15) is 0 Å².